The fraction of sp³-hybridized carbons (Fsp3) is 1.00. The third-order valence-electron chi connectivity index (χ3n) is 5.39. The van der Waals surface area contributed by atoms with Crippen LogP contribution in [0.2, 0.25) is 34.3 Å². The largest absolute Gasteiger partial charge is 0.454 e. The molecule has 0 heterocycles. The zero-order valence-corrected chi connectivity index (χ0v) is 17.1. The summed E-state index contributed by atoms with van der Waals surface area (Å²) in [5, 5.41) is 0. The van der Waals surface area contributed by atoms with Crippen LogP contribution in [-0.4, -0.2) is 16.6 Å². The fourth-order valence-corrected chi connectivity index (χ4v) is 17.6. The summed E-state index contributed by atoms with van der Waals surface area (Å²) in [6, 6.07) is 2.52. The van der Waals surface area contributed by atoms with Gasteiger partial charge in [0.2, 0.25) is 0 Å². The van der Waals surface area contributed by atoms with Gasteiger partial charge in [0.25, 0.3) is 0 Å². The van der Waals surface area contributed by atoms with Crippen molar-refractivity contribution in [3.8, 4) is 0 Å². The second kappa shape index (κ2) is 7.42. The highest BCUT2D eigenvalue weighted by molar-refractivity contribution is 6.89. The third kappa shape index (κ3) is 3.73. The molecular weight excluding hydrogens is 264 g/mol. The minimum Gasteiger partial charge on any atom is -0.454 e. The van der Waals surface area contributed by atoms with Crippen molar-refractivity contribution in [1.82, 2.24) is 0 Å². The Kier molecular flexibility index (Phi) is 7.57. The van der Waals surface area contributed by atoms with E-state index in [1.165, 1.54) is 12.1 Å². The lowest BCUT2D eigenvalue weighted by atomic mass is 10.5. The van der Waals surface area contributed by atoms with E-state index in [2.05, 4.69) is 69.2 Å². The van der Waals surface area contributed by atoms with E-state index in [1.54, 1.807) is 0 Å². The predicted molar refractivity (Wildman–Crippen MR) is 93.9 cm³/mol. The van der Waals surface area contributed by atoms with Gasteiger partial charge in [0.05, 0.1) is 0 Å². The van der Waals surface area contributed by atoms with Gasteiger partial charge in [-0.25, -0.2) is 0 Å². The Bertz CT molecular complexity index is 217. The van der Waals surface area contributed by atoms with Crippen molar-refractivity contribution in [2.45, 2.75) is 103 Å². The predicted octanol–water partition coefficient (Wildman–Crippen LogP) is 6.57. The van der Waals surface area contributed by atoms with E-state index in [9.17, 15) is 0 Å². The SMILES string of the molecule is CC[Si](O[Si](CC)(C(C)C)C(C)C)(C(C)C)C(C)C. The number of hydrogen-bond acceptors (Lipinski definition) is 1. The summed E-state index contributed by atoms with van der Waals surface area (Å²) in [6.07, 6.45) is 0. The molecule has 0 atom stereocenters. The van der Waals surface area contributed by atoms with Gasteiger partial charge in [0.15, 0.2) is 16.6 Å². The van der Waals surface area contributed by atoms with Gasteiger partial charge in [0, 0.05) is 0 Å². The van der Waals surface area contributed by atoms with Crippen molar-refractivity contribution in [3.63, 3.8) is 0 Å². The Hall–Kier alpha value is 0.394. The molecule has 19 heavy (non-hydrogen) atoms. The molecule has 0 aromatic carbocycles. The quantitative estimate of drug-likeness (QED) is 0.460. The third-order valence-corrected chi connectivity index (χ3v) is 18.5. The van der Waals surface area contributed by atoms with Crippen LogP contribution in [-0.2, 0) is 4.12 Å². The molecule has 0 aliphatic carbocycles. The van der Waals surface area contributed by atoms with Crippen LogP contribution in [0, 0.1) is 0 Å². The van der Waals surface area contributed by atoms with Crippen LogP contribution >= 0.6 is 0 Å². The smallest absolute Gasteiger partial charge is 0.184 e. The van der Waals surface area contributed by atoms with E-state index < -0.39 is 16.6 Å². The molecule has 0 aliphatic heterocycles. The van der Waals surface area contributed by atoms with Gasteiger partial charge in [-0.3, -0.25) is 0 Å². The second-order valence-electron chi connectivity index (χ2n) is 7.34. The molecule has 116 valence electrons. The van der Waals surface area contributed by atoms with Gasteiger partial charge in [-0.1, -0.05) is 69.2 Å². The van der Waals surface area contributed by atoms with E-state index >= 15 is 0 Å². The molecule has 0 fully saturated rings. The highest BCUT2D eigenvalue weighted by Crippen LogP contribution is 2.46. The lowest BCUT2D eigenvalue weighted by Gasteiger charge is -2.50. The summed E-state index contributed by atoms with van der Waals surface area (Å²) < 4.78 is 7.25. The van der Waals surface area contributed by atoms with Crippen LogP contribution in [0.3, 0.4) is 0 Å². The molecule has 0 N–H and O–H groups in total. The molecule has 0 aromatic rings. The minimum atomic E-state index is -1.64. The minimum absolute atomic E-state index is 0.716. The average molecular weight is 303 g/mol. The van der Waals surface area contributed by atoms with Gasteiger partial charge >= 0.3 is 0 Å². The maximum absolute atomic E-state index is 7.25. The molecular formula is C16H38OSi2. The van der Waals surface area contributed by atoms with Crippen molar-refractivity contribution < 1.29 is 4.12 Å². The molecule has 0 saturated carbocycles. The molecule has 0 saturated heterocycles. The average Bonchev–Trinajstić information content (AvgIpc) is 2.29. The fourth-order valence-electron chi connectivity index (χ4n) is 3.94. The maximum Gasteiger partial charge on any atom is 0.184 e. The number of hydrogen-bond donors (Lipinski definition) is 0. The van der Waals surface area contributed by atoms with Crippen molar-refractivity contribution >= 4 is 16.6 Å². The molecule has 1 nitrogen and oxygen atoms in total. The Labute approximate surface area is 124 Å². The molecule has 0 unspecified atom stereocenters. The first-order valence-corrected chi connectivity index (χ1v) is 12.8. The van der Waals surface area contributed by atoms with E-state index in [0.29, 0.717) is 22.2 Å². The van der Waals surface area contributed by atoms with Crippen molar-refractivity contribution in [2.75, 3.05) is 0 Å². The molecule has 0 spiro atoms. The zero-order chi connectivity index (χ0) is 15.4. The Balaban J connectivity index is 5.62. The lowest BCUT2D eigenvalue weighted by Crippen LogP contribution is -2.57. The Morgan fingerprint density at radius 1 is 0.579 bits per heavy atom. The van der Waals surface area contributed by atoms with Crippen LogP contribution in [0.4, 0.5) is 0 Å². The van der Waals surface area contributed by atoms with E-state index in [-0.39, 0.29) is 0 Å². The standard InChI is InChI=1S/C16H38OSi2/c1-11-18(13(3)4,14(5)6)17-19(12-2,15(7)8)16(9)10/h13-16H,11-12H2,1-10H3. The maximum atomic E-state index is 7.25. The molecule has 0 aliphatic rings. The highest BCUT2D eigenvalue weighted by atomic mass is 28.4. The van der Waals surface area contributed by atoms with Crippen LogP contribution in [0.15, 0.2) is 0 Å². The summed E-state index contributed by atoms with van der Waals surface area (Å²) in [4.78, 5) is 0. The van der Waals surface area contributed by atoms with Crippen LogP contribution in [0.1, 0.15) is 69.2 Å². The Morgan fingerprint density at radius 2 is 0.789 bits per heavy atom. The van der Waals surface area contributed by atoms with Crippen molar-refractivity contribution in [1.29, 1.82) is 0 Å². The molecule has 0 amide bonds. The van der Waals surface area contributed by atoms with Crippen LogP contribution in [0.5, 0.6) is 0 Å². The normalized spacial score (nSPS) is 14.2. The first kappa shape index (κ1) is 19.4. The summed E-state index contributed by atoms with van der Waals surface area (Å²) in [5.74, 6) is 0. The van der Waals surface area contributed by atoms with E-state index in [4.69, 9.17) is 4.12 Å². The van der Waals surface area contributed by atoms with E-state index in [0.717, 1.165) is 0 Å². The zero-order valence-electron chi connectivity index (χ0n) is 15.1. The topological polar surface area (TPSA) is 9.23 Å². The summed E-state index contributed by atoms with van der Waals surface area (Å²) in [5.41, 5.74) is 2.86. The lowest BCUT2D eigenvalue weighted by molar-refractivity contribution is 0.452. The van der Waals surface area contributed by atoms with Gasteiger partial charge in [0.1, 0.15) is 0 Å². The van der Waals surface area contributed by atoms with Crippen molar-refractivity contribution in [3.05, 3.63) is 0 Å². The molecule has 0 bridgehead atoms. The summed E-state index contributed by atoms with van der Waals surface area (Å²) in [6.45, 7) is 23.9. The second-order valence-corrected chi connectivity index (χ2v) is 18.0. The number of rotatable bonds is 8. The first-order valence-electron chi connectivity index (χ1n) is 8.30. The van der Waals surface area contributed by atoms with Gasteiger partial charge < -0.3 is 4.12 Å². The molecule has 0 rings (SSSR count). The van der Waals surface area contributed by atoms with Gasteiger partial charge in [-0.15, -0.1) is 0 Å². The van der Waals surface area contributed by atoms with E-state index in [1.807, 2.05) is 0 Å². The van der Waals surface area contributed by atoms with Gasteiger partial charge in [-0.05, 0) is 34.3 Å². The van der Waals surface area contributed by atoms with Gasteiger partial charge in [-0.2, -0.15) is 0 Å². The molecule has 0 radical (unpaired) electrons. The van der Waals surface area contributed by atoms with Crippen LogP contribution < -0.4 is 0 Å². The molecule has 3 heteroatoms. The summed E-state index contributed by atoms with van der Waals surface area (Å²) >= 11 is 0. The Morgan fingerprint density at radius 3 is 0.895 bits per heavy atom. The monoisotopic (exact) mass is 302 g/mol. The van der Waals surface area contributed by atoms with Crippen molar-refractivity contribution in [2.24, 2.45) is 0 Å². The van der Waals surface area contributed by atoms with Crippen LogP contribution in [0.25, 0.3) is 0 Å². The first-order chi connectivity index (χ1) is 8.60. The summed E-state index contributed by atoms with van der Waals surface area (Å²) in [7, 11) is -3.29. The highest BCUT2D eigenvalue weighted by Gasteiger charge is 2.50. The molecule has 0 aromatic heterocycles.